The first-order valence-electron chi connectivity index (χ1n) is 8.99. The van der Waals surface area contributed by atoms with E-state index in [1.54, 1.807) is 0 Å². The molecule has 0 saturated carbocycles. The van der Waals surface area contributed by atoms with Gasteiger partial charge in [0.15, 0.2) is 29.7 Å². The average molecular weight is 463 g/mol. The minimum absolute atomic E-state index is 0.317. The molecule has 3 N–H and O–H groups in total. The lowest BCUT2D eigenvalue weighted by Gasteiger charge is -2.47. The number of ether oxygens (including phenoxy) is 5. The number of nitrogens with zero attached hydrogens (tertiary/aromatic N) is 1. The Morgan fingerprint density at radius 1 is 0.871 bits per heavy atom. The van der Waals surface area contributed by atoms with Crippen LogP contribution in [-0.4, -0.2) is 77.2 Å². The maximum Gasteiger partial charge on any atom is 0.303 e. The van der Waals surface area contributed by atoms with Gasteiger partial charge in [-0.05, 0) is 12.2 Å². The van der Waals surface area contributed by atoms with Crippen LogP contribution >= 0.6 is 12.2 Å². The Morgan fingerprint density at radius 3 is 1.77 bits per heavy atom. The maximum atomic E-state index is 12.2. The second-order valence-corrected chi connectivity index (χ2v) is 6.89. The van der Waals surface area contributed by atoms with Crippen molar-refractivity contribution in [1.82, 2.24) is 10.4 Å². The Bertz CT molecular complexity index is 744. The van der Waals surface area contributed by atoms with Gasteiger partial charge in [-0.3, -0.25) is 29.4 Å². The number of carbonyl (C=O) groups excluding carboxylic acids is 5. The monoisotopic (exact) mass is 463 g/mol. The van der Waals surface area contributed by atoms with Gasteiger partial charge in [0.2, 0.25) is 5.91 Å². The third-order valence-corrected chi connectivity index (χ3v) is 3.88. The summed E-state index contributed by atoms with van der Waals surface area (Å²) in [5.74, 6) is -3.72. The molecule has 174 valence electrons. The summed E-state index contributed by atoms with van der Waals surface area (Å²) in [6, 6.07) is 0. The van der Waals surface area contributed by atoms with E-state index in [2.05, 4.69) is 5.43 Å². The van der Waals surface area contributed by atoms with Crippen LogP contribution in [0.15, 0.2) is 0 Å². The standard InChI is InChI=1S/C17H25N3O10S/c1-7(21)20(19-17(18)31)16-15(29-11(5)25)14(28-10(4)24)13(27-9(3)23)12(30-16)6-26-8(2)22/h12-16H,6H2,1-5H3,(H3,18,19,31)/t12-,13+,14+,15-,16-/m1/s1. The number of carbonyl (C=O) groups is 5. The molecule has 1 saturated heterocycles. The Balaban J connectivity index is 3.53. The quantitative estimate of drug-likeness (QED) is 0.205. The zero-order chi connectivity index (χ0) is 23.9. The molecule has 1 amide bonds. The number of hydrogen-bond acceptors (Lipinski definition) is 11. The van der Waals surface area contributed by atoms with Crippen LogP contribution in [0.1, 0.15) is 34.6 Å². The number of esters is 4. The van der Waals surface area contributed by atoms with Crippen LogP contribution in [0.25, 0.3) is 0 Å². The van der Waals surface area contributed by atoms with Gasteiger partial charge in [0, 0.05) is 34.6 Å². The fourth-order valence-corrected chi connectivity index (χ4v) is 2.95. The maximum absolute atomic E-state index is 12.2. The number of hydrazine groups is 1. The van der Waals surface area contributed by atoms with Gasteiger partial charge in [0.05, 0.1) is 0 Å². The molecule has 5 atom stereocenters. The van der Waals surface area contributed by atoms with Crippen LogP contribution < -0.4 is 11.2 Å². The zero-order valence-corrected chi connectivity index (χ0v) is 18.4. The lowest BCUT2D eigenvalue weighted by atomic mass is 9.97. The van der Waals surface area contributed by atoms with Crippen LogP contribution in [0.5, 0.6) is 0 Å². The van der Waals surface area contributed by atoms with E-state index in [0.717, 1.165) is 39.6 Å². The molecule has 1 rings (SSSR count). The van der Waals surface area contributed by atoms with E-state index in [1.165, 1.54) is 0 Å². The van der Waals surface area contributed by atoms with E-state index < -0.39 is 67.0 Å². The summed E-state index contributed by atoms with van der Waals surface area (Å²) in [4.78, 5) is 58.7. The van der Waals surface area contributed by atoms with Crippen LogP contribution in [0.2, 0.25) is 0 Å². The number of nitrogens with one attached hydrogen (secondary N) is 1. The first-order chi connectivity index (χ1) is 14.3. The molecule has 0 aromatic rings. The minimum Gasteiger partial charge on any atom is -0.463 e. The van der Waals surface area contributed by atoms with Gasteiger partial charge in [-0.25, -0.2) is 5.01 Å². The van der Waals surface area contributed by atoms with Gasteiger partial charge in [-0.2, -0.15) is 0 Å². The van der Waals surface area contributed by atoms with E-state index in [4.69, 9.17) is 41.6 Å². The van der Waals surface area contributed by atoms with Crippen molar-refractivity contribution >= 4 is 47.1 Å². The Labute approximate surface area is 183 Å². The highest BCUT2D eigenvalue weighted by molar-refractivity contribution is 7.80. The number of thiocarbonyl (C=S) groups is 1. The number of amides is 1. The predicted molar refractivity (Wildman–Crippen MR) is 104 cm³/mol. The molecule has 0 aromatic heterocycles. The van der Waals surface area contributed by atoms with E-state index in [9.17, 15) is 24.0 Å². The van der Waals surface area contributed by atoms with E-state index in [-0.39, 0.29) is 5.11 Å². The Hall–Kier alpha value is -3.00. The summed E-state index contributed by atoms with van der Waals surface area (Å²) in [5, 5.41) is 0.500. The fraction of sp³-hybridized carbons (Fsp3) is 0.647. The second kappa shape index (κ2) is 11.4. The molecule has 0 aromatic carbocycles. The van der Waals surface area contributed by atoms with Gasteiger partial charge in [-0.1, -0.05) is 0 Å². The molecule has 0 bridgehead atoms. The molecule has 0 unspecified atom stereocenters. The summed E-state index contributed by atoms with van der Waals surface area (Å²) in [6.07, 6.45) is -6.92. The molecule has 1 aliphatic heterocycles. The lowest BCUT2D eigenvalue weighted by molar-refractivity contribution is -0.278. The van der Waals surface area contributed by atoms with Crippen molar-refractivity contribution in [2.24, 2.45) is 5.73 Å². The van der Waals surface area contributed by atoms with Crippen LogP contribution in [-0.2, 0) is 47.7 Å². The highest BCUT2D eigenvalue weighted by atomic mass is 32.1. The number of rotatable bonds is 6. The third kappa shape index (κ3) is 7.97. The molecule has 13 nitrogen and oxygen atoms in total. The molecule has 1 fully saturated rings. The highest BCUT2D eigenvalue weighted by Gasteiger charge is 2.54. The molecule has 1 aliphatic rings. The van der Waals surface area contributed by atoms with Crippen molar-refractivity contribution in [3.05, 3.63) is 0 Å². The van der Waals surface area contributed by atoms with Crippen LogP contribution in [0, 0.1) is 0 Å². The van der Waals surface area contributed by atoms with Crippen LogP contribution in [0.3, 0.4) is 0 Å². The van der Waals surface area contributed by atoms with Gasteiger partial charge in [-0.15, -0.1) is 0 Å². The number of hydrogen-bond donors (Lipinski definition) is 2. The molecule has 1 heterocycles. The van der Waals surface area contributed by atoms with Gasteiger partial charge in [0.1, 0.15) is 12.7 Å². The zero-order valence-electron chi connectivity index (χ0n) is 17.6. The highest BCUT2D eigenvalue weighted by Crippen LogP contribution is 2.30. The predicted octanol–water partition coefficient (Wildman–Crippen LogP) is -1.33. The summed E-state index contributed by atoms with van der Waals surface area (Å²) in [6.45, 7) is 5.09. The molecular formula is C17H25N3O10S. The van der Waals surface area contributed by atoms with Crippen molar-refractivity contribution < 1.29 is 47.7 Å². The normalized spacial score (nSPS) is 24.9. The smallest absolute Gasteiger partial charge is 0.303 e. The van der Waals surface area contributed by atoms with Gasteiger partial charge >= 0.3 is 23.9 Å². The van der Waals surface area contributed by atoms with Crippen molar-refractivity contribution in [1.29, 1.82) is 0 Å². The van der Waals surface area contributed by atoms with Crippen molar-refractivity contribution in [3.63, 3.8) is 0 Å². The Morgan fingerprint density at radius 2 is 1.35 bits per heavy atom. The SMILES string of the molecule is CC(=O)OC[C@H]1O[C@@H](N(NC(N)=S)C(C)=O)[C@H](OC(C)=O)[C@@H](OC(C)=O)[C@H]1OC(C)=O. The van der Waals surface area contributed by atoms with Crippen LogP contribution in [0.4, 0.5) is 0 Å². The minimum atomic E-state index is -1.47. The fourth-order valence-electron chi connectivity index (χ4n) is 2.85. The topological polar surface area (TPSA) is 173 Å². The van der Waals surface area contributed by atoms with Crippen molar-refractivity contribution in [3.8, 4) is 0 Å². The first-order valence-corrected chi connectivity index (χ1v) is 9.40. The summed E-state index contributed by atoms with van der Waals surface area (Å²) in [7, 11) is 0. The largest absolute Gasteiger partial charge is 0.463 e. The van der Waals surface area contributed by atoms with Crippen molar-refractivity contribution in [2.45, 2.75) is 65.3 Å². The number of nitrogens with two attached hydrogens (primary N) is 1. The lowest BCUT2D eigenvalue weighted by Crippen LogP contribution is -2.69. The molecule has 0 radical (unpaired) electrons. The first kappa shape index (κ1) is 26.0. The van der Waals surface area contributed by atoms with Crippen molar-refractivity contribution in [2.75, 3.05) is 6.61 Å². The van der Waals surface area contributed by atoms with E-state index >= 15 is 0 Å². The summed E-state index contributed by atoms with van der Waals surface area (Å²) in [5.41, 5.74) is 7.85. The Kier molecular flexibility index (Phi) is 9.58. The molecule has 31 heavy (non-hydrogen) atoms. The second-order valence-electron chi connectivity index (χ2n) is 6.45. The van der Waals surface area contributed by atoms with E-state index in [1.807, 2.05) is 0 Å². The van der Waals surface area contributed by atoms with Gasteiger partial charge in [0.25, 0.3) is 0 Å². The van der Waals surface area contributed by atoms with Gasteiger partial charge < -0.3 is 29.4 Å². The van der Waals surface area contributed by atoms with E-state index in [0.29, 0.717) is 0 Å². The third-order valence-electron chi connectivity index (χ3n) is 3.79. The molecule has 0 spiro atoms. The summed E-state index contributed by atoms with van der Waals surface area (Å²) >= 11 is 4.77. The molecule has 14 heteroatoms. The summed E-state index contributed by atoms with van der Waals surface area (Å²) < 4.78 is 26.5. The molecule has 0 aliphatic carbocycles. The average Bonchev–Trinajstić information content (AvgIpc) is 2.60. The molecular weight excluding hydrogens is 438 g/mol.